The second kappa shape index (κ2) is 6.51. The lowest BCUT2D eigenvalue weighted by Gasteiger charge is -2.37. The van der Waals surface area contributed by atoms with E-state index in [4.69, 9.17) is 16.4 Å². The number of oxime groups is 1. The van der Waals surface area contributed by atoms with Gasteiger partial charge in [0.15, 0.2) is 5.60 Å². The number of hydrogen-bond donors (Lipinski definition) is 1. The summed E-state index contributed by atoms with van der Waals surface area (Å²) >= 11 is 5.93. The molecule has 2 aliphatic heterocycles. The van der Waals surface area contributed by atoms with Crippen LogP contribution in [0.25, 0.3) is 0 Å². The Morgan fingerprint density at radius 1 is 1.38 bits per heavy atom. The monoisotopic (exact) mass is 397 g/mol. The van der Waals surface area contributed by atoms with Crippen LogP contribution in [0.5, 0.6) is 0 Å². The van der Waals surface area contributed by atoms with Gasteiger partial charge in [-0.25, -0.2) is 8.42 Å². The summed E-state index contributed by atoms with van der Waals surface area (Å²) in [4.78, 5) is 18.0. The quantitative estimate of drug-likeness (QED) is 0.844. The molecule has 140 valence electrons. The highest BCUT2D eigenvalue weighted by molar-refractivity contribution is 7.90. The molecule has 1 aliphatic carbocycles. The molecular formula is C17H20ClN3O4S. The van der Waals surface area contributed by atoms with E-state index >= 15 is 0 Å². The van der Waals surface area contributed by atoms with E-state index in [9.17, 15) is 13.2 Å². The molecule has 9 heteroatoms. The van der Waals surface area contributed by atoms with Crippen molar-refractivity contribution in [3.8, 4) is 0 Å². The number of halogens is 1. The maximum Gasteiger partial charge on any atom is 0.273 e. The molecule has 1 unspecified atom stereocenters. The van der Waals surface area contributed by atoms with Gasteiger partial charge in [-0.05, 0) is 43.9 Å². The lowest BCUT2D eigenvalue weighted by atomic mass is 9.89. The Hall–Kier alpha value is -1.64. The van der Waals surface area contributed by atoms with Gasteiger partial charge in [0.25, 0.3) is 5.91 Å². The van der Waals surface area contributed by atoms with Crippen LogP contribution in [0.4, 0.5) is 5.69 Å². The van der Waals surface area contributed by atoms with Crippen molar-refractivity contribution in [2.45, 2.75) is 43.0 Å². The van der Waals surface area contributed by atoms with Gasteiger partial charge in [0.05, 0.1) is 11.8 Å². The molecule has 3 aliphatic rings. The molecular weight excluding hydrogens is 378 g/mol. The number of sulfonamides is 1. The van der Waals surface area contributed by atoms with Crippen LogP contribution >= 0.6 is 11.6 Å². The van der Waals surface area contributed by atoms with E-state index in [2.05, 4.69) is 10.5 Å². The molecule has 1 aromatic carbocycles. The highest BCUT2D eigenvalue weighted by Crippen LogP contribution is 2.38. The first kappa shape index (κ1) is 17.8. The molecule has 4 rings (SSSR count). The highest BCUT2D eigenvalue weighted by Gasteiger charge is 2.49. The molecule has 1 saturated carbocycles. The fourth-order valence-electron chi connectivity index (χ4n) is 3.48. The maximum atomic E-state index is 12.5. The van der Waals surface area contributed by atoms with Gasteiger partial charge >= 0.3 is 0 Å². The Morgan fingerprint density at radius 2 is 2.19 bits per heavy atom. The molecule has 1 atom stereocenters. The summed E-state index contributed by atoms with van der Waals surface area (Å²) in [6, 6.07) is 6.85. The Balaban J connectivity index is 1.42. The number of carbonyl (C=O) groups excluding carboxylic acids is 1. The van der Waals surface area contributed by atoms with Crippen molar-refractivity contribution in [3.63, 3.8) is 0 Å². The van der Waals surface area contributed by atoms with Crippen LogP contribution in [-0.4, -0.2) is 48.3 Å². The number of nitrogens with one attached hydrogen (secondary N) is 1. The number of rotatable bonds is 4. The third-order valence-electron chi connectivity index (χ3n) is 4.99. The van der Waals surface area contributed by atoms with Crippen LogP contribution in [0.2, 0.25) is 5.02 Å². The maximum absolute atomic E-state index is 12.5. The Bertz CT molecular complexity index is 869. The predicted molar refractivity (Wildman–Crippen MR) is 98.7 cm³/mol. The smallest absolute Gasteiger partial charge is 0.273 e. The number of carbonyl (C=O) groups is 1. The predicted octanol–water partition coefficient (Wildman–Crippen LogP) is 2.38. The fourth-order valence-corrected chi connectivity index (χ4v) is 5.63. The molecule has 0 aromatic heterocycles. The average Bonchev–Trinajstić information content (AvgIpc) is 3.39. The van der Waals surface area contributed by atoms with E-state index < -0.39 is 15.6 Å². The molecule has 1 amide bonds. The first-order chi connectivity index (χ1) is 12.4. The molecule has 0 radical (unpaired) electrons. The molecule has 1 aromatic rings. The number of piperidine rings is 1. The van der Waals surface area contributed by atoms with Gasteiger partial charge < -0.3 is 10.2 Å². The number of hydrogen-bond acceptors (Lipinski definition) is 5. The third-order valence-corrected chi connectivity index (χ3v) is 7.57. The van der Waals surface area contributed by atoms with E-state index in [1.807, 2.05) is 0 Å². The lowest BCUT2D eigenvalue weighted by molar-refractivity contribution is -0.110. The van der Waals surface area contributed by atoms with Crippen molar-refractivity contribution < 1.29 is 18.0 Å². The topological polar surface area (TPSA) is 88.1 Å². The van der Waals surface area contributed by atoms with Crippen LogP contribution < -0.4 is 5.32 Å². The largest absolute Gasteiger partial charge is 0.387 e. The van der Waals surface area contributed by atoms with E-state index in [-0.39, 0.29) is 23.4 Å². The first-order valence-corrected chi connectivity index (χ1v) is 10.6. The van der Waals surface area contributed by atoms with E-state index in [1.54, 1.807) is 24.3 Å². The molecule has 2 fully saturated rings. The summed E-state index contributed by atoms with van der Waals surface area (Å²) in [6.07, 6.45) is 3.15. The minimum Gasteiger partial charge on any atom is -0.387 e. The number of nitrogens with zero attached hydrogens (tertiary/aromatic N) is 2. The van der Waals surface area contributed by atoms with Gasteiger partial charge in [-0.3, -0.25) is 4.79 Å². The van der Waals surface area contributed by atoms with Gasteiger partial charge in [-0.2, -0.15) is 4.31 Å². The van der Waals surface area contributed by atoms with Crippen LogP contribution in [-0.2, 0) is 19.7 Å². The van der Waals surface area contributed by atoms with Gasteiger partial charge in [0.1, 0.15) is 5.71 Å². The zero-order chi connectivity index (χ0) is 18.4. The number of benzene rings is 1. The van der Waals surface area contributed by atoms with Crippen molar-refractivity contribution in [1.29, 1.82) is 0 Å². The van der Waals surface area contributed by atoms with Crippen LogP contribution in [0.1, 0.15) is 32.1 Å². The second-order valence-electron chi connectivity index (χ2n) is 7.13. The van der Waals surface area contributed by atoms with Crippen LogP contribution in [0, 0.1) is 0 Å². The Labute approximate surface area is 157 Å². The molecule has 1 spiro atoms. The average molecular weight is 398 g/mol. The minimum absolute atomic E-state index is 0.245. The van der Waals surface area contributed by atoms with E-state index in [0.717, 1.165) is 12.8 Å². The highest BCUT2D eigenvalue weighted by atomic mass is 35.5. The second-order valence-corrected chi connectivity index (χ2v) is 9.78. The molecule has 1 saturated heterocycles. The molecule has 1 N–H and O–H groups in total. The van der Waals surface area contributed by atoms with Crippen molar-refractivity contribution in [3.05, 3.63) is 29.3 Å². The third kappa shape index (κ3) is 3.45. The van der Waals surface area contributed by atoms with Crippen molar-refractivity contribution in [1.82, 2.24) is 4.31 Å². The lowest BCUT2D eigenvalue weighted by Crippen LogP contribution is -2.51. The van der Waals surface area contributed by atoms with Gasteiger partial charge in [0.2, 0.25) is 10.0 Å². The first-order valence-electron chi connectivity index (χ1n) is 8.69. The minimum atomic E-state index is -3.26. The molecule has 26 heavy (non-hydrogen) atoms. The van der Waals surface area contributed by atoms with Crippen LogP contribution in [0.15, 0.2) is 29.4 Å². The fraction of sp³-hybridized carbons (Fsp3) is 0.529. The number of amides is 1. The van der Waals surface area contributed by atoms with Crippen molar-refractivity contribution >= 4 is 38.9 Å². The molecule has 7 nitrogen and oxygen atoms in total. The normalized spacial score (nSPS) is 26.4. The van der Waals surface area contributed by atoms with Crippen molar-refractivity contribution in [2.75, 3.05) is 18.4 Å². The van der Waals surface area contributed by atoms with Gasteiger partial charge in [-0.15, -0.1) is 0 Å². The Kier molecular flexibility index (Phi) is 4.45. The molecule has 0 bridgehead atoms. The summed E-state index contributed by atoms with van der Waals surface area (Å²) in [5, 5.41) is 6.99. The zero-order valence-electron chi connectivity index (χ0n) is 14.2. The van der Waals surface area contributed by atoms with Crippen molar-refractivity contribution in [2.24, 2.45) is 5.16 Å². The SMILES string of the molecule is O=C(Nc1cccc(Cl)c1)C1=NOC2(CCCN(S(=O)(=O)C3CC3)C2)C1. The zero-order valence-corrected chi connectivity index (χ0v) is 15.7. The summed E-state index contributed by atoms with van der Waals surface area (Å²) in [7, 11) is -3.26. The summed E-state index contributed by atoms with van der Waals surface area (Å²) in [5.41, 5.74) is 0.115. The van der Waals surface area contributed by atoms with Gasteiger partial charge in [0, 0.05) is 23.7 Å². The summed E-state index contributed by atoms with van der Waals surface area (Å²) in [5.74, 6) is -0.355. The summed E-state index contributed by atoms with van der Waals surface area (Å²) in [6.45, 7) is 0.761. The van der Waals surface area contributed by atoms with Gasteiger partial charge in [-0.1, -0.05) is 22.8 Å². The standard InChI is InChI=1S/C17H20ClN3O4S/c18-12-3-1-4-13(9-12)19-16(22)15-10-17(25-20-15)7-2-8-21(11-17)26(23,24)14-5-6-14/h1,3-4,9,14H,2,5-8,10-11H2,(H,19,22). The summed E-state index contributed by atoms with van der Waals surface area (Å²) < 4.78 is 26.6. The van der Waals surface area contributed by atoms with E-state index in [0.29, 0.717) is 36.5 Å². The van der Waals surface area contributed by atoms with Crippen LogP contribution in [0.3, 0.4) is 0 Å². The molecule has 2 heterocycles. The number of anilines is 1. The van der Waals surface area contributed by atoms with E-state index in [1.165, 1.54) is 4.31 Å². The Morgan fingerprint density at radius 3 is 2.92 bits per heavy atom.